The second-order valence-corrected chi connectivity index (χ2v) is 6.24. The molecule has 0 atom stereocenters. The van der Waals surface area contributed by atoms with Gasteiger partial charge in [0.05, 0.1) is 36.1 Å². The highest BCUT2D eigenvalue weighted by Crippen LogP contribution is 2.28. The molecule has 3 heterocycles. The average Bonchev–Trinajstić information content (AvgIpc) is 3.01. The summed E-state index contributed by atoms with van der Waals surface area (Å²) in [4.78, 5) is 18.4. The maximum Gasteiger partial charge on any atom is 0.285 e. The fourth-order valence-electron chi connectivity index (χ4n) is 3.13. The Morgan fingerprint density at radius 3 is 2.92 bits per heavy atom. The molecule has 0 aliphatic carbocycles. The van der Waals surface area contributed by atoms with E-state index in [0.717, 1.165) is 30.0 Å². The van der Waals surface area contributed by atoms with E-state index >= 15 is 0 Å². The molecule has 0 saturated heterocycles. The second kappa shape index (κ2) is 5.79. The summed E-state index contributed by atoms with van der Waals surface area (Å²) in [5.41, 5.74) is 4.79. The normalized spacial score (nSPS) is 13.8. The number of hydrogen-bond acceptors (Lipinski definition) is 4. The van der Waals surface area contributed by atoms with Gasteiger partial charge in [-0.3, -0.25) is 4.79 Å². The van der Waals surface area contributed by atoms with Crippen LogP contribution < -0.4 is 10.5 Å². The molecular formula is C17H16ClN5O. The first-order valence-corrected chi connectivity index (χ1v) is 8.12. The predicted molar refractivity (Wildman–Crippen MR) is 92.9 cm³/mol. The Morgan fingerprint density at radius 1 is 1.25 bits per heavy atom. The van der Waals surface area contributed by atoms with Gasteiger partial charge in [-0.15, -0.1) is 0 Å². The van der Waals surface area contributed by atoms with Crippen LogP contribution >= 0.6 is 11.6 Å². The summed E-state index contributed by atoms with van der Waals surface area (Å²) in [5, 5.41) is 6.41. The van der Waals surface area contributed by atoms with E-state index in [0.29, 0.717) is 12.2 Å². The SMILES string of the molecule is Cc1ccccc1-n1cnc2c1CN(c1cn[nH]c(=O)c1Cl)CC2. The molecule has 1 N–H and O–H groups in total. The molecule has 24 heavy (non-hydrogen) atoms. The Balaban J connectivity index is 1.75. The average molecular weight is 342 g/mol. The van der Waals surface area contributed by atoms with E-state index in [1.807, 2.05) is 18.5 Å². The van der Waals surface area contributed by atoms with Gasteiger partial charge in [-0.05, 0) is 18.6 Å². The summed E-state index contributed by atoms with van der Waals surface area (Å²) < 4.78 is 2.12. The van der Waals surface area contributed by atoms with Crippen molar-refractivity contribution in [2.24, 2.45) is 0 Å². The van der Waals surface area contributed by atoms with Crippen LogP contribution in [0.15, 0.2) is 41.6 Å². The monoisotopic (exact) mass is 341 g/mol. The molecule has 0 bridgehead atoms. The van der Waals surface area contributed by atoms with Gasteiger partial charge in [0, 0.05) is 18.7 Å². The number of anilines is 1. The molecule has 0 spiro atoms. The number of fused-ring (bicyclic) bond motifs is 1. The zero-order valence-corrected chi connectivity index (χ0v) is 13.9. The predicted octanol–water partition coefficient (Wildman–Crippen LogP) is 2.48. The van der Waals surface area contributed by atoms with Crippen molar-refractivity contribution < 1.29 is 0 Å². The van der Waals surface area contributed by atoms with Gasteiger partial charge in [-0.2, -0.15) is 5.10 Å². The van der Waals surface area contributed by atoms with E-state index in [4.69, 9.17) is 11.6 Å². The van der Waals surface area contributed by atoms with Gasteiger partial charge in [-0.1, -0.05) is 29.8 Å². The van der Waals surface area contributed by atoms with Crippen molar-refractivity contribution in [1.82, 2.24) is 19.7 Å². The van der Waals surface area contributed by atoms with E-state index in [2.05, 4.69) is 43.7 Å². The number of aryl methyl sites for hydroxylation is 1. The van der Waals surface area contributed by atoms with Gasteiger partial charge in [0.1, 0.15) is 5.02 Å². The van der Waals surface area contributed by atoms with E-state index in [1.54, 1.807) is 6.20 Å². The van der Waals surface area contributed by atoms with Crippen LogP contribution in [-0.2, 0) is 13.0 Å². The van der Waals surface area contributed by atoms with Crippen molar-refractivity contribution in [2.45, 2.75) is 19.9 Å². The molecule has 4 rings (SSSR count). The van der Waals surface area contributed by atoms with Crippen LogP contribution in [0.25, 0.3) is 5.69 Å². The van der Waals surface area contributed by atoms with Crippen molar-refractivity contribution >= 4 is 17.3 Å². The Morgan fingerprint density at radius 2 is 2.08 bits per heavy atom. The number of imidazole rings is 1. The maximum absolute atomic E-state index is 11.7. The Kier molecular flexibility index (Phi) is 3.61. The van der Waals surface area contributed by atoms with Crippen molar-refractivity contribution in [3.8, 4) is 5.69 Å². The lowest BCUT2D eigenvalue weighted by atomic mass is 10.1. The van der Waals surface area contributed by atoms with Gasteiger partial charge in [0.25, 0.3) is 5.56 Å². The number of nitrogens with zero attached hydrogens (tertiary/aromatic N) is 4. The molecule has 0 fully saturated rings. The second-order valence-electron chi connectivity index (χ2n) is 5.86. The maximum atomic E-state index is 11.7. The fraction of sp³-hybridized carbons (Fsp3) is 0.235. The van der Waals surface area contributed by atoms with Gasteiger partial charge in [0.15, 0.2) is 0 Å². The molecule has 7 heteroatoms. The molecule has 0 radical (unpaired) electrons. The van der Waals surface area contributed by atoms with Crippen LogP contribution in [0.1, 0.15) is 17.0 Å². The first-order valence-electron chi connectivity index (χ1n) is 7.74. The number of hydrogen-bond donors (Lipinski definition) is 1. The largest absolute Gasteiger partial charge is 0.363 e. The van der Waals surface area contributed by atoms with Crippen molar-refractivity contribution in [1.29, 1.82) is 0 Å². The van der Waals surface area contributed by atoms with E-state index in [1.165, 1.54) is 5.56 Å². The van der Waals surface area contributed by atoms with Gasteiger partial charge in [-0.25, -0.2) is 10.1 Å². The zero-order chi connectivity index (χ0) is 16.7. The lowest BCUT2D eigenvalue weighted by molar-refractivity contribution is 0.692. The molecule has 0 saturated carbocycles. The lowest BCUT2D eigenvalue weighted by Crippen LogP contribution is -2.33. The number of benzene rings is 1. The molecule has 122 valence electrons. The fourth-order valence-corrected chi connectivity index (χ4v) is 3.34. The minimum atomic E-state index is -0.368. The van der Waals surface area contributed by atoms with Crippen LogP contribution in [0.2, 0.25) is 5.02 Å². The number of aromatic amines is 1. The molecular weight excluding hydrogens is 326 g/mol. The summed E-state index contributed by atoms with van der Waals surface area (Å²) in [5.74, 6) is 0. The summed E-state index contributed by atoms with van der Waals surface area (Å²) >= 11 is 6.16. The number of rotatable bonds is 2. The minimum Gasteiger partial charge on any atom is -0.363 e. The molecule has 0 unspecified atom stereocenters. The summed E-state index contributed by atoms with van der Waals surface area (Å²) in [7, 11) is 0. The van der Waals surface area contributed by atoms with Gasteiger partial charge >= 0.3 is 0 Å². The summed E-state index contributed by atoms with van der Waals surface area (Å²) in [6.07, 6.45) is 4.27. The highest BCUT2D eigenvalue weighted by Gasteiger charge is 2.24. The van der Waals surface area contributed by atoms with Gasteiger partial charge in [0.2, 0.25) is 0 Å². The van der Waals surface area contributed by atoms with Crippen molar-refractivity contribution in [2.75, 3.05) is 11.4 Å². The third kappa shape index (κ3) is 2.39. The zero-order valence-electron chi connectivity index (χ0n) is 13.2. The number of halogens is 1. The Labute approximate surface area is 143 Å². The standard InChI is InChI=1S/C17H16ClN5O/c1-11-4-2-3-5-13(11)23-10-19-12-6-7-22(9-15(12)23)14-8-20-21-17(24)16(14)18/h2-5,8,10H,6-7,9H2,1H3,(H,21,24). The van der Waals surface area contributed by atoms with Crippen LogP contribution in [0, 0.1) is 6.92 Å². The molecule has 1 aliphatic heterocycles. The smallest absolute Gasteiger partial charge is 0.285 e. The molecule has 0 amide bonds. The molecule has 6 nitrogen and oxygen atoms in total. The molecule has 3 aromatic rings. The number of H-pyrrole nitrogens is 1. The first-order chi connectivity index (χ1) is 11.6. The van der Waals surface area contributed by atoms with Crippen LogP contribution in [0.5, 0.6) is 0 Å². The highest BCUT2D eigenvalue weighted by atomic mass is 35.5. The third-order valence-corrected chi connectivity index (χ3v) is 4.77. The topological polar surface area (TPSA) is 66.8 Å². The Hall–Kier alpha value is -2.60. The van der Waals surface area contributed by atoms with Crippen LogP contribution in [0.3, 0.4) is 0 Å². The van der Waals surface area contributed by atoms with E-state index in [9.17, 15) is 4.79 Å². The number of aromatic nitrogens is 4. The number of nitrogens with one attached hydrogen (secondary N) is 1. The molecule has 2 aromatic heterocycles. The van der Waals surface area contributed by atoms with Crippen molar-refractivity contribution in [3.05, 3.63) is 69.1 Å². The third-order valence-electron chi connectivity index (χ3n) is 4.40. The molecule has 1 aliphatic rings. The quantitative estimate of drug-likeness (QED) is 0.777. The summed E-state index contributed by atoms with van der Waals surface area (Å²) in [6.45, 7) is 3.47. The lowest BCUT2D eigenvalue weighted by Gasteiger charge is -2.29. The van der Waals surface area contributed by atoms with Crippen molar-refractivity contribution in [3.63, 3.8) is 0 Å². The summed E-state index contributed by atoms with van der Waals surface area (Å²) in [6, 6.07) is 8.21. The van der Waals surface area contributed by atoms with E-state index in [-0.39, 0.29) is 10.6 Å². The van der Waals surface area contributed by atoms with E-state index < -0.39 is 0 Å². The Bertz CT molecular complexity index is 962. The number of para-hydroxylation sites is 1. The molecule has 1 aromatic carbocycles. The van der Waals surface area contributed by atoms with Crippen LogP contribution in [-0.4, -0.2) is 26.3 Å². The van der Waals surface area contributed by atoms with Gasteiger partial charge < -0.3 is 9.47 Å². The highest BCUT2D eigenvalue weighted by molar-refractivity contribution is 6.32. The van der Waals surface area contributed by atoms with Crippen LogP contribution in [0.4, 0.5) is 5.69 Å². The minimum absolute atomic E-state index is 0.176. The first kappa shape index (κ1) is 15.0.